The van der Waals surface area contributed by atoms with Crippen molar-refractivity contribution in [2.45, 2.75) is 28.8 Å². The maximum Gasteiger partial charge on any atom is 0.270 e. The van der Waals surface area contributed by atoms with Gasteiger partial charge in [-0.1, -0.05) is 35.5 Å². The van der Waals surface area contributed by atoms with Crippen molar-refractivity contribution in [3.8, 4) is 5.75 Å². The number of amides is 1. The SMILES string of the molecule is COc1ccc(S(=O)(=O)c2cnc(SCC(=O)Nc3cccc(C)c3C)[nH]c2=O)cc1Cl. The fraction of sp³-hybridized carbons (Fsp3) is 0.190. The second-order valence-corrected chi connectivity index (χ2v) is 10.1. The fourth-order valence-corrected chi connectivity index (χ4v) is 4.99. The molecule has 1 heterocycles. The monoisotopic (exact) mass is 493 g/mol. The van der Waals surface area contributed by atoms with Crippen LogP contribution in [-0.2, 0) is 14.6 Å². The van der Waals surface area contributed by atoms with E-state index in [0.717, 1.165) is 29.1 Å². The van der Waals surface area contributed by atoms with Gasteiger partial charge in [-0.15, -0.1) is 0 Å². The lowest BCUT2D eigenvalue weighted by molar-refractivity contribution is -0.113. The summed E-state index contributed by atoms with van der Waals surface area (Å²) in [5, 5.41) is 3.03. The molecule has 0 bridgehead atoms. The number of aryl methyl sites for hydroxylation is 1. The molecule has 168 valence electrons. The number of hydrogen-bond donors (Lipinski definition) is 2. The molecule has 2 aromatic carbocycles. The summed E-state index contributed by atoms with van der Waals surface area (Å²) in [5.41, 5.74) is 1.88. The number of nitrogens with one attached hydrogen (secondary N) is 2. The highest BCUT2D eigenvalue weighted by atomic mass is 35.5. The van der Waals surface area contributed by atoms with E-state index in [1.54, 1.807) is 6.07 Å². The predicted octanol–water partition coefficient (Wildman–Crippen LogP) is 3.61. The number of hydrogen-bond acceptors (Lipinski definition) is 7. The summed E-state index contributed by atoms with van der Waals surface area (Å²) in [5.74, 6) is 0.00992. The number of rotatable bonds is 7. The molecule has 0 aliphatic rings. The van der Waals surface area contributed by atoms with E-state index >= 15 is 0 Å². The molecule has 11 heteroatoms. The highest BCUT2D eigenvalue weighted by Crippen LogP contribution is 2.29. The minimum atomic E-state index is -4.15. The van der Waals surface area contributed by atoms with Gasteiger partial charge in [-0.2, -0.15) is 0 Å². The number of nitrogens with zero attached hydrogens (tertiary/aromatic N) is 1. The lowest BCUT2D eigenvalue weighted by Gasteiger charge is -2.10. The van der Waals surface area contributed by atoms with Gasteiger partial charge in [0.05, 0.1) is 29.0 Å². The normalized spacial score (nSPS) is 11.2. The van der Waals surface area contributed by atoms with Gasteiger partial charge in [-0.3, -0.25) is 9.59 Å². The van der Waals surface area contributed by atoms with Crippen molar-refractivity contribution >= 4 is 44.8 Å². The lowest BCUT2D eigenvalue weighted by atomic mass is 10.1. The number of H-pyrrole nitrogens is 1. The first-order valence-electron chi connectivity index (χ1n) is 9.30. The Morgan fingerprint density at radius 2 is 2.00 bits per heavy atom. The molecule has 0 unspecified atom stereocenters. The molecule has 0 aliphatic heterocycles. The van der Waals surface area contributed by atoms with Crippen molar-refractivity contribution in [3.05, 3.63) is 69.1 Å². The van der Waals surface area contributed by atoms with Crippen LogP contribution in [0.1, 0.15) is 11.1 Å². The van der Waals surface area contributed by atoms with Crippen molar-refractivity contribution in [2.75, 3.05) is 18.2 Å². The topological polar surface area (TPSA) is 118 Å². The van der Waals surface area contributed by atoms with Gasteiger partial charge in [-0.25, -0.2) is 13.4 Å². The molecule has 0 fully saturated rings. The van der Waals surface area contributed by atoms with Crippen molar-refractivity contribution in [1.82, 2.24) is 9.97 Å². The van der Waals surface area contributed by atoms with Crippen molar-refractivity contribution in [3.63, 3.8) is 0 Å². The molecule has 0 saturated heterocycles. The highest BCUT2D eigenvalue weighted by Gasteiger charge is 2.23. The summed E-state index contributed by atoms with van der Waals surface area (Å²) in [6, 6.07) is 9.49. The number of carbonyl (C=O) groups is 1. The molecule has 1 amide bonds. The zero-order valence-corrected chi connectivity index (χ0v) is 19.8. The molecular weight excluding hydrogens is 474 g/mol. The minimum absolute atomic E-state index is 0.0174. The van der Waals surface area contributed by atoms with Crippen LogP contribution in [0, 0.1) is 13.8 Å². The summed E-state index contributed by atoms with van der Waals surface area (Å²) in [6.45, 7) is 3.86. The molecule has 3 rings (SSSR count). The maximum atomic E-state index is 12.8. The number of ether oxygens (including phenoxy) is 1. The Bertz CT molecular complexity index is 1340. The van der Waals surface area contributed by atoms with Crippen LogP contribution < -0.4 is 15.6 Å². The van der Waals surface area contributed by atoms with E-state index in [4.69, 9.17) is 16.3 Å². The average molecular weight is 494 g/mol. The molecule has 0 spiro atoms. The molecule has 1 aromatic heterocycles. The largest absolute Gasteiger partial charge is 0.495 e. The van der Waals surface area contributed by atoms with Crippen LogP contribution in [0.2, 0.25) is 5.02 Å². The first-order chi connectivity index (χ1) is 15.1. The van der Waals surface area contributed by atoms with Crippen molar-refractivity contribution in [1.29, 1.82) is 0 Å². The van der Waals surface area contributed by atoms with E-state index < -0.39 is 20.3 Å². The molecule has 3 aromatic rings. The summed E-state index contributed by atoms with van der Waals surface area (Å²) in [6.07, 6.45) is 0.969. The Morgan fingerprint density at radius 1 is 1.25 bits per heavy atom. The zero-order chi connectivity index (χ0) is 23.5. The summed E-state index contributed by atoms with van der Waals surface area (Å²) < 4.78 is 30.6. The first kappa shape index (κ1) is 23.8. The van der Waals surface area contributed by atoms with Gasteiger partial charge in [0.25, 0.3) is 5.56 Å². The van der Waals surface area contributed by atoms with Crippen molar-refractivity contribution in [2.24, 2.45) is 0 Å². The zero-order valence-electron chi connectivity index (χ0n) is 17.4. The summed E-state index contributed by atoms with van der Waals surface area (Å²) in [4.78, 5) is 30.4. The molecule has 32 heavy (non-hydrogen) atoms. The Labute approximate surface area is 194 Å². The van der Waals surface area contributed by atoms with Gasteiger partial charge in [0.2, 0.25) is 15.7 Å². The molecule has 0 saturated carbocycles. The third-order valence-corrected chi connectivity index (χ3v) is 7.61. The molecule has 8 nitrogen and oxygen atoms in total. The number of aromatic amines is 1. The van der Waals surface area contributed by atoms with Crippen LogP contribution in [0.15, 0.2) is 62.3 Å². The second kappa shape index (κ2) is 9.76. The smallest absolute Gasteiger partial charge is 0.270 e. The molecule has 0 aliphatic carbocycles. The van der Waals surface area contributed by atoms with Crippen LogP contribution >= 0.6 is 23.4 Å². The van der Waals surface area contributed by atoms with E-state index in [9.17, 15) is 18.0 Å². The van der Waals surface area contributed by atoms with E-state index in [-0.39, 0.29) is 26.7 Å². The lowest BCUT2D eigenvalue weighted by Crippen LogP contribution is -2.20. The van der Waals surface area contributed by atoms with E-state index in [1.165, 1.54) is 25.3 Å². The standard InChI is InChI=1S/C21H20ClN3O5S2/c1-12-5-4-6-16(13(12)2)24-19(26)11-31-21-23-10-18(20(27)25-21)32(28,29)14-7-8-17(30-3)15(22)9-14/h4-10H,11H2,1-3H3,(H,24,26)(H,23,25,27). The van der Waals surface area contributed by atoms with E-state index in [0.29, 0.717) is 11.4 Å². The fourth-order valence-electron chi connectivity index (χ4n) is 2.78. The predicted molar refractivity (Wildman–Crippen MR) is 124 cm³/mol. The highest BCUT2D eigenvalue weighted by molar-refractivity contribution is 7.99. The van der Waals surface area contributed by atoms with Crippen LogP contribution in [0.3, 0.4) is 0 Å². The Kier molecular flexibility index (Phi) is 7.27. The van der Waals surface area contributed by atoms with E-state index in [2.05, 4.69) is 15.3 Å². The van der Waals surface area contributed by atoms with Gasteiger partial charge in [-0.05, 0) is 49.2 Å². The number of anilines is 1. The number of carbonyl (C=O) groups excluding carboxylic acids is 1. The number of sulfone groups is 1. The van der Waals surface area contributed by atoms with Crippen LogP contribution in [0.4, 0.5) is 5.69 Å². The van der Waals surface area contributed by atoms with Gasteiger partial charge in [0.15, 0.2) is 10.1 Å². The number of halogens is 1. The quantitative estimate of drug-likeness (QED) is 0.381. The average Bonchev–Trinajstić information content (AvgIpc) is 2.75. The third-order valence-electron chi connectivity index (χ3n) is 4.69. The van der Waals surface area contributed by atoms with Gasteiger partial charge in [0.1, 0.15) is 5.75 Å². The number of aromatic nitrogens is 2. The maximum absolute atomic E-state index is 12.8. The second-order valence-electron chi connectivity index (χ2n) is 6.77. The Balaban J connectivity index is 1.73. The molecule has 0 atom stereocenters. The van der Waals surface area contributed by atoms with Crippen LogP contribution in [0.5, 0.6) is 5.75 Å². The van der Waals surface area contributed by atoms with E-state index in [1.807, 2.05) is 26.0 Å². The number of methoxy groups -OCH3 is 1. The summed E-state index contributed by atoms with van der Waals surface area (Å²) in [7, 11) is -2.74. The Morgan fingerprint density at radius 3 is 2.66 bits per heavy atom. The van der Waals surface area contributed by atoms with Crippen molar-refractivity contribution < 1.29 is 17.9 Å². The molecule has 2 N–H and O–H groups in total. The Hall–Kier alpha value is -2.82. The van der Waals surface area contributed by atoms with Crippen LogP contribution in [0.25, 0.3) is 0 Å². The number of benzene rings is 2. The third kappa shape index (κ3) is 5.14. The minimum Gasteiger partial charge on any atom is -0.495 e. The molecule has 0 radical (unpaired) electrons. The van der Waals surface area contributed by atoms with Crippen LogP contribution in [-0.4, -0.2) is 37.2 Å². The summed E-state index contributed by atoms with van der Waals surface area (Å²) >= 11 is 6.99. The first-order valence-corrected chi connectivity index (χ1v) is 12.1. The number of thioether (sulfide) groups is 1. The molecular formula is C21H20ClN3O5S2. The van der Waals surface area contributed by atoms with Gasteiger partial charge >= 0.3 is 0 Å². The van der Waals surface area contributed by atoms with Gasteiger partial charge < -0.3 is 15.0 Å². The van der Waals surface area contributed by atoms with Gasteiger partial charge in [0, 0.05) is 5.69 Å².